The molecule has 1 aromatic heterocycles. The van der Waals surface area contributed by atoms with E-state index >= 15 is 0 Å². The fourth-order valence-electron chi connectivity index (χ4n) is 2.57. The Morgan fingerprint density at radius 2 is 1.89 bits per heavy atom. The molecule has 0 amide bonds. The van der Waals surface area contributed by atoms with Crippen molar-refractivity contribution in [2.45, 2.75) is 37.6 Å². The van der Waals surface area contributed by atoms with Gasteiger partial charge in [0.25, 0.3) is 0 Å². The van der Waals surface area contributed by atoms with E-state index < -0.39 is 5.54 Å². The van der Waals surface area contributed by atoms with Gasteiger partial charge in [-0.25, -0.2) is 0 Å². The van der Waals surface area contributed by atoms with E-state index in [-0.39, 0.29) is 0 Å². The summed E-state index contributed by atoms with van der Waals surface area (Å²) in [4.78, 5) is 4.50. The average Bonchev–Trinajstić information content (AvgIpc) is 2.90. The molecule has 0 saturated heterocycles. The minimum Gasteiger partial charge on any atom is -0.337 e. The maximum Gasteiger partial charge on any atom is 0.247 e. The summed E-state index contributed by atoms with van der Waals surface area (Å²) in [5.74, 6) is 1.16. The molecule has 1 fully saturated rings. The van der Waals surface area contributed by atoms with Gasteiger partial charge in [0.15, 0.2) is 0 Å². The van der Waals surface area contributed by atoms with Crippen molar-refractivity contribution in [2.24, 2.45) is 5.73 Å². The summed E-state index contributed by atoms with van der Waals surface area (Å²) in [6.07, 6.45) is 5.34. The number of nitrogens with zero attached hydrogens (tertiary/aromatic N) is 2. The topological polar surface area (TPSA) is 64.9 Å². The largest absolute Gasteiger partial charge is 0.337 e. The molecule has 1 aliphatic rings. The number of hydrogen-bond acceptors (Lipinski definition) is 4. The fraction of sp³-hybridized carbons (Fsp3) is 0.429. The van der Waals surface area contributed by atoms with Crippen LogP contribution in [-0.4, -0.2) is 10.1 Å². The van der Waals surface area contributed by atoms with Gasteiger partial charge in [-0.1, -0.05) is 52.5 Å². The predicted octanol–water partition coefficient (Wildman–Crippen LogP) is 3.62. The Balaban J connectivity index is 1.93. The third-order valence-corrected chi connectivity index (χ3v) is 4.40. The maximum atomic E-state index is 6.40. The van der Waals surface area contributed by atoms with Crippen molar-refractivity contribution in [1.29, 1.82) is 0 Å². The Kier molecular flexibility index (Phi) is 3.41. The first kappa shape index (κ1) is 12.8. The molecular weight excluding hydrogens is 306 g/mol. The lowest BCUT2D eigenvalue weighted by molar-refractivity contribution is 0.220. The van der Waals surface area contributed by atoms with Crippen LogP contribution in [0.2, 0.25) is 0 Å². The zero-order chi connectivity index (χ0) is 13.3. The van der Waals surface area contributed by atoms with Crippen LogP contribution in [0.15, 0.2) is 33.3 Å². The second-order valence-corrected chi connectivity index (χ2v) is 5.97. The Morgan fingerprint density at radius 3 is 2.63 bits per heavy atom. The number of benzene rings is 1. The SMILES string of the molecule is NC1(c2nc(-c3ccccc3Br)no2)CCCCC1. The summed E-state index contributed by atoms with van der Waals surface area (Å²) < 4.78 is 6.37. The van der Waals surface area contributed by atoms with Gasteiger partial charge < -0.3 is 10.3 Å². The molecule has 0 unspecified atom stereocenters. The molecule has 3 rings (SSSR count). The quantitative estimate of drug-likeness (QED) is 0.917. The van der Waals surface area contributed by atoms with Gasteiger partial charge in [-0.2, -0.15) is 4.98 Å². The van der Waals surface area contributed by atoms with E-state index in [4.69, 9.17) is 10.3 Å². The third kappa shape index (κ3) is 2.44. The van der Waals surface area contributed by atoms with Gasteiger partial charge in [-0.3, -0.25) is 0 Å². The summed E-state index contributed by atoms with van der Waals surface area (Å²) in [6.45, 7) is 0. The van der Waals surface area contributed by atoms with Crippen molar-refractivity contribution < 1.29 is 4.52 Å². The fourth-order valence-corrected chi connectivity index (χ4v) is 3.04. The van der Waals surface area contributed by atoms with E-state index in [1.807, 2.05) is 24.3 Å². The van der Waals surface area contributed by atoms with Crippen molar-refractivity contribution in [3.63, 3.8) is 0 Å². The van der Waals surface area contributed by atoms with E-state index in [1.165, 1.54) is 6.42 Å². The molecule has 0 bridgehead atoms. The van der Waals surface area contributed by atoms with E-state index in [1.54, 1.807) is 0 Å². The first-order valence-corrected chi connectivity index (χ1v) is 7.36. The van der Waals surface area contributed by atoms with Gasteiger partial charge in [0.05, 0.1) is 5.54 Å². The normalized spacial score (nSPS) is 18.4. The third-order valence-electron chi connectivity index (χ3n) is 3.71. The molecule has 1 aromatic carbocycles. The molecular formula is C14H16BrN3O. The van der Waals surface area contributed by atoms with Crippen molar-refractivity contribution in [1.82, 2.24) is 10.1 Å². The van der Waals surface area contributed by atoms with Crippen LogP contribution in [0, 0.1) is 0 Å². The molecule has 0 spiro atoms. The number of aromatic nitrogens is 2. The highest BCUT2D eigenvalue weighted by Gasteiger charge is 2.35. The van der Waals surface area contributed by atoms with Gasteiger partial charge >= 0.3 is 0 Å². The smallest absolute Gasteiger partial charge is 0.247 e. The summed E-state index contributed by atoms with van der Waals surface area (Å²) in [5, 5.41) is 4.07. The first-order valence-electron chi connectivity index (χ1n) is 6.57. The molecule has 100 valence electrons. The molecule has 2 aromatic rings. The second kappa shape index (κ2) is 5.06. The first-order chi connectivity index (χ1) is 9.19. The number of nitrogens with two attached hydrogens (primary N) is 1. The van der Waals surface area contributed by atoms with Crippen LogP contribution in [0.3, 0.4) is 0 Å². The monoisotopic (exact) mass is 321 g/mol. The number of hydrogen-bond donors (Lipinski definition) is 1. The van der Waals surface area contributed by atoms with Gasteiger partial charge in [0.2, 0.25) is 11.7 Å². The average molecular weight is 322 g/mol. The van der Waals surface area contributed by atoms with Gasteiger partial charge in [0.1, 0.15) is 0 Å². The Labute approximate surface area is 120 Å². The van der Waals surface area contributed by atoms with Crippen molar-refractivity contribution in [3.8, 4) is 11.4 Å². The van der Waals surface area contributed by atoms with Gasteiger partial charge in [-0.15, -0.1) is 0 Å². The minimum atomic E-state index is -0.440. The lowest BCUT2D eigenvalue weighted by atomic mass is 9.82. The lowest BCUT2D eigenvalue weighted by Gasteiger charge is -2.29. The summed E-state index contributed by atoms with van der Waals surface area (Å²) in [6, 6.07) is 7.84. The van der Waals surface area contributed by atoms with E-state index in [2.05, 4.69) is 26.1 Å². The van der Waals surface area contributed by atoms with Crippen LogP contribution >= 0.6 is 15.9 Å². The molecule has 1 heterocycles. The summed E-state index contributed by atoms with van der Waals surface area (Å²) >= 11 is 3.50. The molecule has 0 atom stereocenters. The number of halogens is 1. The second-order valence-electron chi connectivity index (χ2n) is 5.12. The molecule has 5 heteroatoms. The molecule has 4 nitrogen and oxygen atoms in total. The summed E-state index contributed by atoms with van der Waals surface area (Å²) in [7, 11) is 0. The Morgan fingerprint density at radius 1 is 1.16 bits per heavy atom. The molecule has 1 saturated carbocycles. The van der Waals surface area contributed by atoms with Crippen LogP contribution in [0.1, 0.15) is 38.0 Å². The standard InChI is InChI=1S/C14H16BrN3O/c15-11-7-3-2-6-10(11)12-17-13(19-18-12)14(16)8-4-1-5-9-14/h2-3,6-7H,1,4-5,8-9,16H2. The highest BCUT2D eigenvalue weighted by atomic mass is 79.9. The highest BCUT2D eigenvalue weighted by molar-refractivity contribution is 9.10. The van der Waals surface area contributed by atoms with Crippen molar-refractivity contribution >= 4 is 15.9 Å². The molecule has 0 aliphatic heterocycles. The van der Waals surface area contributed by atoms with Crippen LogP contribution in [-0.2, 0) is 5.54 Å². The minimum absolute atomic E-state index is 0.440. The van der Waals surface area contributed by atoms with Crippen molar-refractivity contribution in [3.05, 3.63) is 34.6 Å². The molecule has 2 N–H and O–H groups in total. The van der Waals surface area contributed by atoms with E-state index in [0.29, 0.717) is 11.7 Å². The van der Waals surface area contributed by atoms with Crippen LogP contribution in [0.5, 0.6) is 0 Å². The molecule has 19 heavy (non-hydrogen) atoms. The van der Waals surface area contributed by atoms with E-state index in [9.17, 15) is 0 Å². The highest BCUT2D eigenvalue weighted by Crippen LogP contribution is 2.35. The van der Waals surface area contributed by atoms with E-state index in [0.717, 1.165) is 35.7 Å². The van der Waals surface area contributed by atoms with Crippen LogP contribution in [0.4, 0.5) is 0 Å². The Hall–Kier alpha value is -1.20. The lowest BCUT2D eigenvalue weighted by Crippen LogP contribution is -2.38. The maximum absolute atomic E-state index is 6.40. The number of rotatable bonds is 2. The zero-order valence-corrected chi connectivity index (χ0v) is 12.2. The van der Waals surface area contributed by atoms with Crippen LogP contribution in [0.25, 0.3) is 11.4 Å². The molecule has 1 aliphatic carbocycles. The van der Waals surface area contributed by atoms with Gasteiger partial charge in [0, 0.05) is 10.0 Å². The van der Waals surface area contributed by atoms with Crippen LogP contribution < -0.4 is 5.73 Å². The van der Waals surface area contributed by atoms with Gasteiger partial charge in [-0.05, 0) is 25.0 Å². The molecule has 0 radical (unpaired) electrons. The zero-order valence-electron chi connectivity index (χ0n) is 10.6. The predicted molar refractivity (Wildman–Crippen MR) is 76.4 cm³/mol. The Bertz CT molecular complexity index is 576. The van der Waals surface area contributed by atoms with Crippen molar-refractivity contribution in [2.75, 3.05) is 0 Å². The summed E-state index contributed by atoms with van der Waals surface area (Å²) in [5.41, 5.74) is 6.89.